The van der Waals surface area contributed by atoms with Crippen molar-refractivity contribution in [3.8, 4) is 0 Å². The predicted molar refractivity (Wildman–Crippen MR) is 82.5 cm³/mol. The van der Waals surface area contributed by atoms with Crippen LogP contribution in [0.1, 0.15) is 53.8 Å². The molecule has 2 aliphatic rings. The van der Waals surface area contributed by atoms with Gasteiger partial charge in [-0.05, 0) is 36.6 Å². The molecule has 0 unspecified atom stereocenters. The Balaban J connectivity index is 1.54. The van der Waals surface area contributed by atoms with Crippen LogP contribution >= 0.6 is 23.1 Å². The van der Waals surface area contributed by atoms with E-state index in [1.165, 1.54) is 56.5 Å². The van der Waals surface area contributed by atoms with Crippen LogP contribution in [0.5, 0.6) is 0 Å². The quantitative estimate of drug-likeness (QED) is 0.827. The summed E-state index contributed by atoms with van der Waals surface area (Å²) >= 11 is 4.14. The largest absolute Gasteiger partial charge is 0.309 e. The maximum Gasteiger partial charge on any atom is 0.0302 e. The first-order chi connectivity index (χ1) is 8.92. The van der Waals surface area contributed by atoms with Gasteiger partial charge in [0.15, 0.2) is 0 Å². The van der Waals surface area contributed by atoms with Crippen LogP contribution in [0.25, 0.3) is 0 Å². The molecular weight excluding hydrogens is 258 g/mol. The molecule has 0 atom stereocenters. The minimum atomic E-state index is 0.779. The van der Waals surface area contributed by atoms with Crippen molar-refractivity contribution >= 4 is 23.1 Å². The molecule has 0 amide bonds. The van der Waals surface area contributed by atoms with Gasteiger partial charge in [0.2, 0.25) is 0 Å². The number of fused-ring (bicyclic) bond motifs is 1. The highest BCUT2D eigenvalue weighted by atomic mass is 32.2. The first-order valence-corrected chi connectivity index (χ1v) is 9.30. The van der Waals surface area contributed by atoms with Crippen LogP contribution in [0.3, 0.4) is 0 Å². The lowest BCUT2D eigenvalue weighted by Gasteiger charge is -2.15. The molecule has 0 radical (unpaired) electrons. The average Bonchev–Trinajstić information content (AvgIpc) is 2.63. The normalized spacial score (nSPS) is 21.6. The molecule has 3 rings (SSSR count). The lowest BCUT2D eigenvalue weighted by atomic mass is 10.1. The predicted octanol–water partition coefficient (Wildman–Crippen LogP) is 4.35. The van der Waals surface area contributed by atoms with E-state index in [1.807, 2.05) is 0 Å². The number of thiophene rings is 1. The molecule has 2 heterocycles. The Hall–Kier alpha value is 0.0100. The van der Waals surface area contributed by atoms with Crippen molar-refractivity contribution in [1.82, 2.24) is 5.32 Å². The topological polar surface area (TPSA) is 12.0 Å². The van der Waals surface area contributed by atoms with Gasteiger partial charge in [-0.3, -0.25) is 0 Å². The molecule has 1 nitrogen and oxygen atoms in total. The molecule has 1 aromatic heterocycles. The third-order valence-corrected chi connectivity index (χ3v) is 6.34. The van der Waals surface area contributed by atoms with Crippen LogP contribution in [-0.4, -0.2) is 11.8 Å². The van der Waals surface area contributed by atoms with Crippen LogP contribution in [0.2, 0.25) is 0 Å². The monoisotopic (exact) mass is 281 g/mol. The molecule has 0 saturated heterocycles. The zero-order chi connectivity index (χ0) is 12.2. The fraction of sp³-hybridized carbons (Fsp3) is 0.733. The summed E-state index contributed by atoms with van der Waals surface area (Å²) in [6.45, 7) is 1.10. The standard InChI is InChI=1S/C15H23NS2/c1-2-4-6-13(5-3-1)16-10-14-9-12-11-17-8-7-15(12)18-14/h9,13,16H,1-8,10-11H2. The second kappa shape index (κ2) is 6.44. The van der Waals surface area contributed by atoms with E-state index >= 15 is 0 Å². The highest BCUT2D eigenvalue weighted by Gasteiger charge is 2.15. The molecule has 0 spiro atoms. The second-order valence-electron chi connectivity index (χ2n) is 5.53. The number of rotatable bonds is 3. The van der Waals surface area contributed by atoms with Gasteiger partial charge >= 0.3 is 0 Å². The molecular formula is C15H23NS2. The van der Waals surface area contributed by atoms with Gasteiger partial charge in [0.1, 0.15) is 0 Å². The van der Waals surface area contributed by atoms with Gasteiger partial charge in [0, 0.05) is 28.1 Å². The number of nitrogens with one attached hydrogen (secondary N) is 1. The van der Waals surface area contributed by atoms with Gasteiger partial charge in [-0.2, -0.15) is 11.8 Å². The highest BCUT2D eigenvalue weighted by Crippen LogP contribution is 2.31. The molecule has 1 aliphatic carbocycles. The van der Waals surface area contributed by atoms with Gasteiger partial charge in [-0.15, -0.1) is 11.3 Å². The Bertz CT molecular complexity index is 354. The van der Waals surface area contributed by atoms with E-state index in [4.69, 9.17) is 0 Å². The Morgan fingerprint density at radius 3 is 2.78 bits per heavy atom. The molecule has 100 valence electrons. The van der Waals surface area contributed by atoms with E-state index in [2.05, 4.69) is 34.5 Å². The fourth-order valence-corrected chi connectivity index (χ4v) is 5.35. The molecule has 0 aromatic carbocycles. The summed E-state index contributed by atoms with van der Waals surface area (Å²) in [5.74, 6) is 2.57. The molecule has 1 N–H and O–H groups in total. The molecule has 1 saturated carbocycles. The number of aryl methyl sites for hydroxylation is 1. The van der Waals surface area contributed by atoms with Crippen molar-refractivity contribution in [2.45, 2.75) is 63.3 Å². The molecule has 1 aromatic rings. The third kappa shape index (κ3) is 3.31. The van der Waals surface area contributed by atoms with Crippen molar-refractivity contribution < 1.29 is 0 Å². The Kier molecular flexibility index (Phi) is 4.66. The smallest absolute Gasteiger partial charge is 0.0302 e. The summed E-state index contributed by atoms with van der Waals surface area (Å²) in [6.07, 6.45) is 9.83. The maximum absolute atomic E-state index is 3.79. The van der Waals surface area contributed by atoms with Crippen LogP contribution < -0.4 is 5.32 Å². The summed E-state index contributed by atoms with van der Waals surface area (Å²) in [5, 5.41) is 3.79. The molecule has 3 heteroatoms. The van der Waals surface area contributed by atoms with Crippen LogP contribution in [0.15, 0.2) is 6.07 Å². The van der Waals surface area contributed by atoms with Crippen molar-refractivity contribution in [3.63, 3.8) is 0 Å². The van der Waals surface area contributed by atoms with Crippen LogP contribution in [0.4, 0.5) is 0 Å². The van der Waals surface area contributed by atoms with Gasteiger partial charge in [0.25, 0.3) is 0 Å². The number of hydrogen-bond acceptors (Lipinski definition) is 3. The lowest BCUT2D eigenvalue weighted by molar-refractivity contribution is 0.461. The summed E-state index contributed by atoms with van der Waals surface area (Å²) in [4.78, 5) is 3.22. The molecule has 0 bridgehead atoms. The summed E-state index contributed by atoms with van der Waals surface area (Å²) in [7, 11) is 0. The number of thioether (sulfide) groups is 1. The van der Waals surface area contributed by atoms with E-state index in [1.54, 1.807) is 15.3 Å². The van der Waals surface area contributed by atoms with Gasteiger partial charge in [0.05, 0.1) is 0 Å². The zero-order valence-corrected chi connectivity index (χ0v) is 12.7. The van der Waals surface area contributed by atoms with Crippen molar-refractivity contribution in [2.75, 3.05) is 5.75 Å². The first-order valence-electron chi connectivity index (χ1n) is 7.33. The summed E-state index contributed by atoms with van der Waals surface area (Å²) < 4.78 is 0. The minimum Gasteiger partial charge on any atom is -0.309 e. The summed E-state index contributed by atoms with van der Waals surface area (Å²) in [6, 6.07) is 3.23. The first kappa shape index (κ1) is 13.0. The fourth-order valence-electron chi connectivity index (χ4n) is 3.02. The Morgan fingerprint density at radius 1 is 1.17 bits per heavy atom. The van der Waals surface area contributed by atoms with E-state index in [9.17, 15) is 0 Å². The van der Waals surface area contributed by atoms with Crippen molar-refractivity contribution in [3.05, 3.63) is 21.4 Å². The van der Waals surface area contributed by atoms with Gasteiger partial charge in [-0.1, -0.05) is 25.7 Å². The zero-order valence-electron chi connectivity index (χ0n) is 11.0. The second-order valence-corrected chi connectivity index (χ2v) is 7.86. The van der Waals surface area contributed by atoms with Crippen LogP contribution in [-0.2, 0) is 18.7 Å². The molecule has 1 fully saturated rings. The van der Waals surface area contributed by atoms with Crippen LogP contribution in [0, 0.1) is 0 Å². The average molecular weight is 281 g/mol. The van der Waals surface area contributed by atoms with Crippen molar-refractivity contribution in [1.29, 1.82) is 0 Å². The van der Waals surface area contributed by atoms with Gasteiger partial charge in [-0.25, -0.2) is 0 Å². The lowest BCUT2D eigenvalue weighted by Crippen LogP contribution is -2.27. The third-order valence-electron chi connectivity index (χ3n) is 4.10. The minimum absolute atomic E-state index is 0.779. The van der Waals surface area contributed by atoms with Gasteiger partial charge < -0.3 is 5.32 Å². The summed E-state index contributed by atoms with van der Waals surface area (Å²) in [5.41, 5.74) is 1.62. The molecule has 18 heavy (non-hydrogen) atoms. The number of hydrogen-bond donors (Lipinski definition) is 1. The Morgan fingerprint density at radius 2 is 2.00 bits per heavy atom. The molecule has 1 aliphatic heterocycles. The van der Waals surface area contributed by atoms with E-state index in [0.717, 1.165) is 12.6 Å². The van der Waals surface area contributed by atoms with E-state index in [-0.39, 0.29) is 0 Å². The SMILES string of the molecule is c1c(CNC2CCCCCC2)sc2c1CSCC2. The van der Waals surface area contributed by atoms with E-state index in [0.29, 0.717) is 0 Å². The maximum atomic E-state index is 3.79. The van der Waals surface area contributed by atoms with E-state index < -0.39 is 0 Å². The highest BCUT2D eigenvalue weighted by molar-refractivity contribution is 7.98. The van der Waals surface area contributed by atoms with Crippen molar-refractivity contribution in [2.24, 2.45) is 0 Å². The Labute approximate surface area is 119 Å².